The van der Waals surface area contributed by atoms with Gasteiger partial charge >= 0.3 is 0 Å². The number of hydrogen-bond donors (Lipinski definition) is 1. The molecule has 3 saturated heterocycles. The molecule has 200 valence electrons. The summed E-state index contributed by atoms with van der Waals surface area (Å²) in [4.78, 5) is 43.5. The van der Waals surface area contributed by atoms with Crippen LogP contribution in [0.1, 0.15) is 91.1 Å². The van der Waals surface area contributed by atoms with Crippen LogP contribution in [0.15, 0.2) is 18.2 Å². The molecule has 3 aliphatic heterocycles. The molecule has 37 heavy (non-hydrogen) atoms. The van der Waals surface area contributed by atoms with Crippen LogP contribution < -0.4 is 5.73 Å². The van der Waals surface area contributed by atoms with Gasteiger partial charge in [0.05, 0.1) is 12.5 Å². The van der Waals surface area contributed by atoms with E-state index >= 15 is 0 Å². The Labute approximate surface area is 217 Å². The Kier molecular flexibility index (Phi) is 6.82. The number of amides is 2. The SMILES string of the molecule is NC(=O)c1ccc(C2CCN(C3CC3)CC2)cc1[C@@H](C(=O)N1C[C@H](F)[C@H]2OCC(=O)[C@H]21)C1CCCCC1. The smallest absolute Gasteiger partial charge is 0.249 e. The molecule has 2 N–H and O–H groups in total. The second-order valence-corrected chi connectivity index (χ2v) is 11.8. The Balaban J connectivity index is 1.35. The maximum Gasteiger partial charge on any atom is 0.249 e. The summed E-state index contributed by atoms with van der Waals surface area (Å²) in [5.74, 6) is -1.28. The van der Waals surface area contributed by atoms with E-state index in [1.165, 1.54) is 17.7 Å². The highest BCUT2D eigenvalue weighted by Gasteiger charge is 2.54. The van der Waals surface area contributed by atoms with Gasteiger partial charge in [-0.2, -0.15) is 0 Å². The van der Waals surface area contributed by atoms with Crippen LogP contribution in [-0.2, 0) is 14.3 Å². The summed E-state index contributed by atoms with van der Waals surface area (Å²) < 4.78 is 20.2. The zero-order chi connectivity index (χ0) is 25.7. The molecule has 1 aromatic carbocycles. The molecule has 7 nitrogen and oxygen atoms in total. The van der Waals surface area contributed by atoms with Crippen LogP contribution >= 0.6 is 0 Å². The van der Waals surface area contributed by atoms with Crippen molar-refractivity contribution in [2.45, 2.75) is 94.0 Å². The van der Waals surface area contributed by atoms with Crippen LogP contribution in [0.5, 0.6) is 0 Å². The lowest BCUT2D eigenvalue weighted by atomic mass is 9.73. The van der Waals surface area contributed by atoms with Crippen molar-refractivity contribution >= 4 is 17.6 Å². The van der Waals surface area contributed by atoms with Crippen molar-refractivity contribution in [1.82, 2.24) is 9.80 Å². The first-order chi connectivity index (χ1) is 17.9. The number of primary amides is 1. The molecule has 0 spiro atoms. The van der Waals surface area contributed by atoms with Gasteiger partial charge in [0.2, 0.25) is 11.8 Å². The quantitative estimate of drug-likeness (QED) is 0.633. The van der Waals surface area contributed by atoms with Gasteiger partial charge in [0.15, 0.2) is 5.78 Å². The third-order valence-electron chi connectivity index (χ3n) is 9.53. The fourth-order valence-electron chi connectivity index (χ4n) is 7.41. The van der Waals surface area contributed by atoms with Gasteiger partial charge < -0.3 is 20.3 Å². The highest BCUT2D eigenvalue weighted by molar-refractivity contribution is 5.99. The molecule has 2 aliphatic carbocycles. The summed E-state index contributed by atoms with van der Waals surface area (Å²) in [6.07, 6.45) is 7.32. The largest absolute Gasteiger partial charge is 0.366 e. The van der Waals surface area contributed by atoms with E-state index in [1.54, 1.807) is 6.07 Å². The second kappa shape index (κ2) is 10.1. The number of benzene rings is 1. The van der Waals surface area contributed by atoms with Crippen molar-refractivity contribution in [3.8, 4) is 0 Å². The summed E-state index contributed by atoms with van der Waals surface area (Å²) in [5, 5.41) is 0. The fourth-order valence-corrected chi connectivity index (χ4v) is 7.41. The first-order valence-corrected chi connectivity index (χ1v) is 14.2. The van der Waals surface area contributed by atoms with E-state index in [2.05, 4.69) is 4.90 Å². The Bertz CT molecular complexity index is 1060. The molecule has 0 radical (unpaired) electrons. The standard InChI is InChI=1S/C29H38FN3O4/c30-23-15-33(26-24(34)16-37-27(23)26)29(36)25(18-4-2-1-3-5-18)22-14-19(6-9-21(22)28(31)35)17-10-12-32(13-11-17)20-7-8-20/h6,9,14,17-18,20,23,25-27H,1-5,7-8,10-13,15-16H2,(H2,31,35)/t23-,25-,26+,27+/m0/s1. The predicted octanol–water partition coefficient (Wildman–Crippen LogP) is 3.31. The first kappa shape index (κ1) is 25.0. The Morgan fingerprint density at radius 1 is 1.03 bits per heavy atom. The zero-order valence-corrected chi connectivity index (χ0v) is 21.4. The second-order valence-electron chi connectivity index (χ2n) is 11.8. The molecule has 2 amide bonds. The molecule has 3 heterocycles. The van der Waals surface area contributed by atoms with Crippen LogP contribution in [0.2, 0.25) is 0 Å². The van der Waals surface area contributed by atoms with Gasteiger partial charge in [0, 0.05) is 11.6 Å². The molecule has 0 aromatic heterocycles. The summed E-state index contributed by atoms with van der Waals surface area (Å²) in [6.45, 7) is 1.84. The lowest BCUT2D eigenvalue weighted by molar-refractivity contribution is -0.139. The number of nitrogens with zero attached hydrogens (tertiary/aromatic N) is 2. The van der Waals surface area contributed by atoms with Gasteiger partial charge in [0.1, 0.15) is 24.9 Å². The maximum absolute atomic E-state index is 14.8. The van der Waals surface area contributed by atoms with Crippen molar-refractivity contribution in [3.63, 3.8) is 0 Å². The average molecular weight is 512 g/mol. The Hall–Kier alpha value is -2.32. The Morgan fingerprint density at radius 3 is 2.43 bits per heavy atom. The highest BCUT2D eigenvalue weighted by atomic mass is 19.1. The number of alkyl halides is 1. The van der Waals surface area contributed by atoms with E-state index in [0.717, 1.165) is 69.6 Å². The number of carbonyl (C=O) groups is 3. The van der Waals surface area contributed by atoms with E-state index in [0.29, 0.717) is 17.0 Å². The van der Waals surface area contributed by atoms with E-state index in [9.17, 15) is 18.8 Å². The summed E-state index contributed by atoms with van der Waals surface area (Å²) >= 11 is 0. The number of rotatable bonds is 6. The average Bonchev–Trinajstić information content (AvgIpc) is 3.61. The minimum absolute atomic E-state index is 0.0286. The van der Waals surface area contributed by atoms with E-state index in [4.69, 9.17) is 10.5 Å². The third-order valence-corrected chi connectivity index (χ3v) is 9.53. The number of fused-ring (bicyclic) bond motifs is 1. The molecule has 2 saturated carbocycles. The van der Waals surface area contributed by atoms with Crippen LogP contribution in [0.3, 0.4) is 0 Å². The highest BCUT2D eigenvalue weighted by Crippen LogP contribution is 2.43. The molecule has 0 bridgehead atoms. The molecule has 1 aromatic rings. The predicted molar refractivity (Wildman–Crippen MR) is 136 cm³/mol. The zero-order valence-electron chi connectivity index (χ0n) is 21.4. The van der Waals surface area contributed by atoms with Crippen molar-refractivity contribution < 1.29 is 23.5 Å². The summed E-state index contributed by atoms with van der Waals surface area (Å²) in [5.41, 5.74) is 8.02. The van der Waals surface area contributed by atoms with Crippen molar-refractivity contribution in [1.29, 1.82) is 0 Å². The van der Waals surface area contributed by atoms with Gasteiger partial charge in [0.25, 0.3) is 0 Å². The fraction of sp³-hybridized carbons (Fsp3) is 0.690. The number of ketones is 1. The molecule has 0 unspecified atom stereocenters. The monoisotopic (exact) mass is 511 g/mol. The normalized spacial score (nSPS) is 30.5. The van der Waals surface area contributed by atoms with Crippen LogP contribution in [0, 0.1) is 5.92 Å². The van der Waals surface area contributed by atoms with Crippen LogP contribution in [-0.4, -0.2) is 78.0 Å². The van der Waals surface area contributed by atoms with E-state index < -0.39 is 30.1 Å². The summed E-state index contributed by atoms with van der Waals surface area (Å²) in [6, 6.07) is 5.72. The number of nitrogens with two attached hydrogens (primary N) is 1. The summed E-state index contributed by atoms with van der Waals surface area (Å²) in [7, 11) is 0. The molecule has 8 heteroatoms. The minimum Gasteiger partial charge on any atom is -0.366 e. The third kappa shape index (κ3) is 4.71. The topological polar surface area (TPSA) is 92.9 Å². The number of hydrogen-bond acceptors (Lipinski definition) is 5. The van der Waals surface area contributed by atoms with Crippen molar-refractivity contribution in [2.24, 2.45) is 11.7 Å². The van der Waals surface area contributed by atoms with Crippen LogP contribution in [0.25, 0.3) is 0 Å². The lowest BCUT2D eigenvalue weighted by Gasteiger charge is -2.36. The Morgan fingerprint density at radius 2 is 1.76 bits per heavy atom. The number of carbonyl (C=O) groups excluding carboxylic acids is 3. The molecule has 6 rings (SSSR count). The molecular weight excluding hydrogens is 473 g/mol. The molecule has 4 atom stereocenters. The number of ether oxygens (including phenoxy) is 1. The minimum atomic E-state index is -1.38. The maximum atomic E-state index is 14.8. The van der Waals surface area contributed by atoms with Gasteiger partial charge in [-0.1, -0.05) is 31.4 Å². The molecule has 5 aliphatic rings. The number of Topliss-reactive ketones (excluding diaryl/α,β-unsaturated/α-hetero) is 1. The van der Waals surface area contributed by atoms with Crippen LogP contribution in [0.4, 0.5) is 4.39 Å². The van der Waals surface area contributed by atoms with Crippen molar-refractivity contribution in [2.75, 3.05) is 26.2 Å². The molecule has 5 fully saturated rings. The van der Waals surface area contributed by atoms with Gasteiger partial charge in [-0.3, -0.25) is 14.4 Å². The first-order valence-electron chi connectivity index (χ1n) is 14.2. The van der Waals surface area contributed by atoms with Gasteiger partial charge in [-0.25, -0.2) is 4.39 Å². The molecular formula is C29H38FN3O4. The van der Waals surface area contributed by atoms with Gasteiger partial charge in [-0.15, -0.1) is 0 Å². The van der Waals surface area contributed by atoms with E-state index in [-0.39, 0.29) is 30.8 Å². The van der Waals surface area contributed by atoms with E-state index in [1.807, 2.05) is 12.1 Å². The van der Waals surface area contributed by atoms with Gasteiger partial charge in [-0.05, 0) is 80.6 Å². The number of halogens is 1. The number of piperidine rings is 1. The van der Waals surface area contributed by atoms with Crippen molar-refractivity contribution in [3.05, 3.63) is 34.9 Å². The lowest BCUT2D eigenvalue weighted by Crippen LogP contribution is -2.46. The number of likely N-dealkylation sites (tertiary alicyclic amines) is 2.